The molecule has 0 bridgehead atoms. The Morgan fingerprint density at radius 3 is 2.80 bits per heavy atom. The van der Waals surface area contributed by atoms with E-state index in [0.29, 0.717) is 18.0 Å². The van der Waals surface area contributed by atoms with Crippen LogP contribution in [0.2, 0.25) is 5.02 Å². The number of hydrogen-bond acceptors (Lipinski definition) is 2. The van der Waals surface area contributed by atoms with E-state index in [2.05, 4.69) is 50.0 Å². The van der Waals surface area contributed by atoms with Crippen molar-refractivity contribution in [3.05, 3.63) is 28.8 Å². The minimum absolute atomic E-state index is 0.562. The molecule has 1 saturated heterocycles. The van der Waals surface area contributed by atoms with Crippen LogP contribution < -0.4 is 10.2 Å². The van der Waals surface area contributed by atoms with Crippen LogP contribution in [-0.2, 0) is 0 Å². The summed E-state index contributed by atoms with van der Waals surface area (Å²) < 4.78 is 0. The summed E-state index contributed by atoms with van der Waals surface area (Å²) in [4.78, 5) is 2.56. The van der Waals surface area contributed by atoms with Crippen LogP contribution in [-0.4, -0.2) is 25.2 Å². The number of nitrogens with zero attached hydrogens (tertiary/aromatic N) is 1. The summed E-state index contributed by atoms with van der Waals surface area (Å²) in [5.74, 6) is 0.704. The van der Waals surface area contributed by atoms with E-state index in [9.17, 15) is 0 Å². The van der Waals surface area contributed by atoms with Gasteiger partial charge in [0.25, 0.3) is 0 Å². The molecule has 20 heavy (non-hydrogen) atoms. The van der Waals surface area contributed by atoms with E-state index in [4.69, 9.17) is 11.6 Å². The molecule has 0 radical (unpaired) electrons. The fourth-order valence-corrected chi connectivity index (χ4v) is 3.23. The van der Waals surface area contributed by atoms with Crippen molar-refractivity contribution >= 4 is 17.3 Å². The van der Waals surface area contributed by atoms with Gasteiger partial charge in [-0.1, -0.05) is 44.9 Å². The molecule has 0 aliphatic carbocycles. The largest absolute Gasteiger partial charge is 0.365 e. The molecule has 3 atom stereocenters. The van der Waals surface area contributed by atoms with E-state index in [-0.39, 0.29) is 0 Å². The van der Waals surface area contributed by atoms with Crippen LogP contribution in [0.5, 0.6) is 0 Å². The van der Waals surface area contributed by atoms with E-state index < -0.39 is 0 Å². The van der Waals surface area contributed by atoms with Gasteiger partial charge >= 0.3 is 0 Å². The Bertz CT molecular complexity index is 447. The fraction of sp³-hybridized carbons (Fsp3) is 0.647. The summed E-state index contributed by atoms with van der Waals surface area (Å²) in [6.07, 6.45) is 2.38. The van der Waals surface area contributed by atoms with Gasteiger partial charge in [0, 0.05) is 35.9 Å². The van der Waals surface area contributed by atoms with Gasteiger partial charge in [0.05, 0.1) is 0 Å². The van der Waals surface area contributed by atoms with Crippen LogP contribution in [0.4, 0.5) is 5.69 Å². The van der Waals surface area contributed by atoms with E-state index in [1.165, 1.54) is 17.7 Å². The van der Waals surface area contributed by atoms with Crippen LogP contribution in [0.1, 0.15) is 39.2 Å². The lowest BCUT2D eigenvalue weighted by molar-refractivity contribution is 0.306. The molecule has 1 N–H and O–H groups in total. The maximum absolute atomic E-state index is 6.31. The Labute approximate surface area is 128 Å². The molecule has 3 heteroatoms. The SMILES string of the molecule is CCC(C)C1CN(c2cccc(Cl)c2C)C(CC)CN1. The fourth-order valence-electron chi connectivity index (χ4n) is 3.06. The molecule has 112 valence electrons. The van der Waals surface area contributed by atoms with Crippen LogP contribution >= 0.6 is 11.6 Å². The zero-order valence-electron chi connectivity index (χ0n) is 13.1. The summed E-state index contributed by atoms with van der Waals surface area (Å²) in [7, 11) is 0. The first-order valence-electron chi connectivity index (χ1n) is 7.83. The standard InChI is InChI=1S/C17H27ClN2/c1-5-12(3)16-11-20(14(6-2)10-19-16)17-9-7-8-15(18)13(17)4/h7-9,12,14,16,19H,5-6,10-11H2,1-4H3. The van der Waals surface area contributed by atoms with Crippen molar-refractivity contribution in [2.45, 2.75) is 52.6 Å². The molecular weight excluding hydrogens is 268 g/mol. The molecule has 0 amide bonds. The van der Waals surface area contributed by atoms with Crippen LogP contribution in [0.3, 0.4) is 0 Å². The Hall–Kier alpha value is -0.730. The molecule has 1 fully saturated rings. The highest BCUT2D eigenvalue weighted by Gasteiger charge is 2.30. The second kappa shape index (κ2) is 6.82. The first-order chi connectivity index (χ1) is 9.58. The first-order valence-corrected chi connectivity index (χ1v) is 8.21. The summed E-state index contributed by atoms with van der Waals surface area (Å²) in [5, 5.41) is 4.60. The van der Waals surface area contributed by atoms with E-state index in [1.807, 2.05) is 6.07 Å². The minimum atomic E-state index is 0.562. The molecular formula is C17H27ClN2. The van der Waals surface area contributed by atoms with Gasteiger partial charge in [-0.25, -0.2) is 0 Å². The van der Waals surface area contributed by atoms with Gasteiger partial charge in [-0.2, -0.15) is 0 Å². The number of halogens is 1. The van der Waals surface area contributed by atoms with Crippen LogP contribution in [0.25, 0.3) is 0 Å². The van der Waals surface area contributed by atoms with E-state index in [0.717, 1.165) is 24.5 Å². The molecule has 3 unspecified atom stereocenters. The smallest absolute Gasteiger partial charge is 0.0455 e. The third kappa shape index (κ3) is 3.12. The number of anilines is 1. The van der Waals surface area contributed by atoms with Gasteiger partial charge in [0.2, 0.25) is 0 Å². The highest BCUT2D eigenvalue weighted by Crippen LogP contribution is 2.30. The van der Waals surface area contributed by atoms with Crippen molar-refractivity contribution in [3.63, 3.8) is 0 Å². The first kappa shape index (κ1) is 15.7. The molecule has 0 aromatic heterocycles. The molecule has 1 aliphatic rings. The summed E-state index contributed by atoms with van der Waals surface area (Å²) in [6, 6.07) is 7.39. The molecule has 0 saturated carbocycles. The minimum Gasteiger partial charge on any atom is -0.365 e. The van der Waals surface area contributed by atoms with Crippen LogP contribution in [0, 0.1) is 12.8 Å². The second-order valence-electron chi connectivity index (χ2n) is 6.00. The molecule has 1 heterocycles. The zero-order chi connectivity index (χ0) is 14.7. The second-order valence-corrected chi connectivity index (χ2v) is 6.41. The number of piperazine rings is 1. The van der Waals surface area contributed by atoms with E-state index >= 15 is 0 Å². The average molecular weight is 295 g/mol. The Morgan fingerprint density at radius 2 is 2.15 bits per heavy atom. The number of nitrogens with one attached hydrogen (secondary N) is 1. The normalized spacial score (nSPS) is 24.8. The van der Waals surface area contributed by atoms with E-state index in [1.54, 1.807) is 0 Å². The van der Waals surface area contributed by atoms with Crippen molar-refractivity contribution in [1.82, 2.24) is 5.32 Å². The van der Waals surface area contributed by atoms with Crippen LogP contribution in [0.15, 0.2) is 18.2 Å². The summed E-state index contributed by atoms with van der Waals surface area (Å²) in [6.45, 7) is 11.2. The summed E-state index contributed by atoms with van der Waals surface area (Å²) in [5.41, 5.74) is 2.51. The van der Waals surface area contributed by atoms with Gasteiger partial charge in [-0.15, -0.1) is 0 Å². The molecule has 1 aliphatic heterocycles. The molecule has 1 aromatic carbocycles. The van der Waals surface area contributed by atoms with Gasteiger partial charge in [-0.05, 0) is 37.0 Å². The lowest BCUT2D eigenvalue weighted by atomic mass is 9.94. The molecule has 0 spiro atoms. The van der Waals surface area contributed by atoms with Crippen molar-refractivity contribution in [3.8, 4) is 0 Å². The van der Waals surface area contributed by atoms with Gasteiger partial charge < -0.3 is 10.2 Å². The third-order valence-corrected chi connectivity index (χ3v) is 5.21. The van der Waals surface area contributed by atoms with Crippen molar-refractivity contribution in [1.29, 1.82) is 0 Å². The monoisotopic (exact) mass is 294 g/mol. The zero-order valence-corrected chi connectivity index (χ0v) is 13.9. The lowest BCUT2D eigenvalue weighted by Crippen LogP contribution is -2.58. The summed E-state index contributed by atoms with van der Waals surface area (Å²) >= 11 is 6.31. The molecule has 2 nitrogen and oxygen atoms in total. The van der Waals surface area contributed by atoms with Crippen molar-refractivity contribution < 1.29 is 0 Å². The van der Waals surface area contributed by atoms with Gasteiger partial charge in [-0.3, -0.25) is 0 Å². The maximum Gasteiger partial charge on any atom is 0.0455 e. The maximum atomic E-state index is 6.31. The van der Waals surface area contributed by atoms with Crippen molar-refractivity contribution in [2.24, 2.45) is 5.92 Å². The number of rotatable bonds is 4. The average Bonchev–Trinajstić information content (AvgIpc) is 2.48. The predicted octanol–water partition coefficient (Wildman–Crippen LogP) is 4.25. The molecule has 1 aromatic rings. The lowest BCUT2D eigenvalue weighted by Gasteiger charge is -2.44. The Kier molecular flexibility index (Phi) is 5.34. The van der Waals surface area contributed by atoms with Gasteiger partial charge in [0.15, 0.2) is 0 Å². The highest BCUT2D eigenvalue weighted by molar-refractivity contribution is 6.31. The highest BCUT2D eigenvalue weighted by atomic mass is 35.5. The Balaban J connectivity index is 2.27. The topological polar surface area (TPSA) is 15.3 Å². The Morgan fingerprint density at radius 1 is 1.40 bits per heavy atom. The number of hydrogen-bond donors (Lipinski definition) is 1. The quantitative estimate of drug-likeness (QED) is 0.893. The molecule has 2 rings (SSSR count). The van der Waals surface area contributed by atoms with Crippen molar-refractivity contribution in [2.75, 3.05) is 18.0 Å². The number of benzene rings is 1. The predicted molar refractivity (Wildman–Crippen MR) is 88.9 cm³/mol. The van der Waals surface area contributed by atoms with Gasteiger partial charge in [0.1, 0.15) is 0 Å². The third-order valence-electron chi connectivity index (χ3n) is 4.80.